The predicted octanol–water partition coefficient (Wildman–Crippen LogP) is 4.86. The van der Waals surface area contributed by atoms with E-state index in [1.165, 1.54) is 36.1 Å². The Morgan fingerprint density at radius 3 is 2.58 bits per heavy atom. The fourth-order valence-corrected chi connectivity index (χ4v) is 4.07. The van der Waals surface area contributed by atoms with Crippen LogP contribution in [0.25, 0.3) is 0 Å². The fourth-order valence-electron chi connectivity index (χ4n) is 2.69. The summed E-state index contributed by atoms with van der Waals surface area (Å²) < 4.78 is 0. The third-order valence-corrected chi connectivity index (χ3v) is 5.13. The summed E-state index contributed by atoms with van der Waals surface area (Å²) in [5, 5.41) is 4.30. The van der Waals surface area contributed by atoms with Crippen molar-refractivity contribution in [2.75, 3.05) is 0 Å². The summed E-state index contributed by atoms with van der Waals surface area (Å²) >= 11 is 2.08. The van der Waals surface area contributed by atoms with E-state index in [9.17, 15) is 0 Å². The Balaban J connectivity index is 1.84. The van der Waals surface area contributed by atoms with Crippen LogP contribution >= 0.6 is 11.8 Å². The molecule has 0 spiro atoms. The predicted molar refractivity (Wildman–Crippen MR) is 85.7 cm³/mol. The van der Waals surface area contributed by atoms with Gasteiger partial charge in [-0.3, -0.25) is 0 Å². The molecule has 0 radical (unpaired) electrons. The van der Waals surface area contributed by atoms with Gasteiger partial charge >= 0.3 is 0 Å². The van der Waals surface area contributed by atoms with Crippen molar-refractivity contribution in [3.8, 4) is 0 Å². The van der Waals surface area contributed by atoms with Crippen LogP contribution in [0.3, 0.4) is 0 Å². The molecule has 2 unspecified atom stereocenters. The van der Waals surface area contributed by atoms with Crippen molar-refractivity contribution in [2.45, 2.75) is 69.2 Å². The minimum atomic E-state index is 0.553. The zero-order valence-corrected chi connectivity index (χ0v) is 13.3. The summed E-state index contributed by atoms with van der Waals surface area (Å²) in [5.41, 5.74) is 1.38. The van der Waals surface area contributed by atoms with Crippen molar-refractivity contribution in [3.63, 3.8) is 0 Å². The van der Waals surface area contributed by atoms with Crippen molar-refractivity contribution in [1.82, 2.24) is 5.32 Å². The van der Waals surface area contributed by atoms with E-state index in [2.05, 4.69) is 62.1 Å². The molecule has 1 N–H and O–H groups in total. The van der Waals surface area contributed by atoms with Gasteiger partial charge in [-0.25, -0.2) is 0 Å². The van der Waals surface area contributed by atoms with Gasteiger partial charge in [-0.15, -0.1) is 11.8 Å². The van der Waals surface area contributed by atoms with E-state index in [1.807, 2.05) is 0 Å². The molecule has 2 rings (SSSR count). The SMILES string of the molecule is CC1CCCC(Sc2ccc(CNC(C)C)cc2)C1. The smallest absolute Gasteiger partial charge is 0.0207 e. The molecule has 106 valence electrons. The summed E-state index contributed by atoms with van der Waals surface area (Å²) in [5.74, 6) is 0.917. The Morgan fingerprint density at radius 2 is 1.95 bits per heavy atom. The van der Waals surface area contributed by atoms with Gasteiger partial charge in [0.05, 0.1) is 0 Å². The van der Waals surface area contributed by atoms with Crippen molar-refractivity contribution >= 4 is 11.8 Å². The maximum absolute atomic E-state index is 3.46. The molecule has 0 heterocycles. The van der Waals surface area contributed by atoms with Gasteiger partial charge in [0.2, 0.25) is 0 Å². The zero-order valence-electron chi connectivity index (χ0n) is 12.5. The second-order valence-corrected chi connectivity index (χ2v) is 7.56. The highest BCUT2D eigenvalue weighted by molar-refractivity contribution is 8.00. The van der Waals surface area contributed by atoms with Gasteiger partial charge < -0.3 is 5.32 Å². The van der Waals surface area contributed by atoms with Crippen molar-refractivity contribution in [3.05, 3.63) is 29.8 Å². The Labute approximate surface area is 122 Å². The van der Waals surface area contributed by atoms with E-state index in [0.717, 1.165) is 17.7 Å². The molecule has 1 aromatic rings. The molecule has 0 bridgehead atoms. The lowest BCUT2D eigenvalue weighted by molar-refractivity contribution is 0.394. The lowest BCUT2D eigenvalue weighted by atomic mass is 9.91. The number of thioether (sulfide) groups is 1. The van der Waals surface area contributed by atoms with E-state index in [4.69, 9.17) is 0 Å². The normalized spacial score (nSPS) is 23.8. The van der Waals surface area contributed by atoms with Gasteiger partial charge in [0, 0.05) is 22.7 Å². The Bertz CT molecular complexity index is 371. The van der Waals surface area contributed by atoms with Gasteiger partial charge in [-0.05, 0) is 36.5 Å². The quantitative estimate of drug-likeness (QED) is 0.825. The number of nitrogens with one attached hydrogen (secondary N) is 1. The molecule has 19 heavy (non-hydrogen) atoms. The topological polar surface area (TPSA) is 12.0 Å². The molecular formula is C17H27NS. The molecule has 1 aromatic carbocycles. The second-order valence-electron chi connectivity index (χ2n) is 6.19. The maximum atomic E-state index is 3.46. The van der Waals surface area contributed by atoms with Crippen LogP contribution in [0.4, 0.5) is 0 Å². The van der Waals surface area contributed by atoms with Crippen LogP contribution in [0.2, 0.25) is 0 Å². The molecule has 0 saturated heterocycles. The third kappa shape index (κ3) is 5.19. The first kappa shape index (κ1) is 14.9. The molecule has 1 saturated carbocycles. The molecule has 2 heteroatoms. The van der Waals surface area contributed by atoms with Crippen molar-refractivity contribution < 1.29 is 0 Å². The highest BCUT2D eigenvalue weighted by Crippen LogP contribution is 2.36. The average molecular weight is 277 g/mol. The maximum Gasteiger partial charge on any atom is 0.0207 e. The fraction of sp³-hybridized carbons (Fsp3) is 0.647. The molecule has 0 aliphatic heterocycles. The van der Waals surface area contributed by atoms with E-state index >= 15 is 0 Å². The summed E-state index contributed by atoms with van der Waals surface area (Å²) in [6, 6.07) is 9.68. The molecule has 0 aromatic heterocycles. The van der Waals surface area contributed by atoms with Crippen molar-refractivity contribution in [2.24, 2.45) is 5.92 Å². The van der Waals surface area contributed by atoms with Crippen molar-refractivity contribution in [1.29, 1.82) is 0 Å². The van der Waals surface area contributed by atoms with Gasteiger partial charge in [-0.1, -0.05) is 45.7 Å². The number of rotatable bonds is 5. The molecule has 2 atom stereocenters. The average Bonchev–Trinajstić information content (AvgIpc) is 2.38. The van der Waals surface area contributed by atoms with Gasteiger partial charge in [0.25, 0.3) is 0 Å². The minimum Gasteiger partial charge on any atom is -0.310 e. The highest BCUT2D eigenvalue weighted by atomic mass is 32.2. The molecule has 1 fully saturated rings. The largest absolute Gasteiger partial charge is 0.310 e. The van der Waals surface area contributed by atoms with E-state index in [1.54, 1.807) is 0 Å². The van der Waals surface area contributed by atoms with Crippen LogP contribution in [-0.2, 0) is 6.54 Å². The number of hydrogen-bond donors (Lipinski definition) is 1. The lowest BCUT2D eigenvalue weighted by Gasteiger charge is -2.26. The lowest BCUT2D eigenvalue weighted by Crippen LogP contribution is -2.21. The van der Waals surface area contributed by atoms with E-state index in [0.29, 0.717) is 6.04 Å². The molecule has 0 amide bonds. The van der Waals surface area contributed by atoms with Crippen LogP contribution in [0.1, 0.15) is 52.0 Å². The second kappa shape index (κ2) is 7.35. The molecular weight excluding hydrogens is 250 g/mol. The first-order valence-corrected chi connectivity index (χ1v) is 8.50. The van der Waals surface area contributed by atoms with Gasteiger partial charge in [0.1, 0.15) is 0 Å². The van der Waals surface area contributed by atoms with Gasteiger partial charge in [0.15, 0.2) is 0 Å². The van der Waals surface area contributed by atoms with Crippen LogP contribution < -0.4 is 5.32 Å². The summed E-state index contributed by atoms with van der Waals surface area (Å²) in [6.07, 6.45) is 5.62. The first-order valence-electron chi connectivity index (χ1n) is 7.62. The number of benzene rings is 1. The van der Waals surface area contributed by atoms with Crippen LogP contribution in [0.5, 0.6) is 0 Å². The highest BCUT2D eigenvalue weighted by Gasteiger charge is 2.19. The Kier molecular flexibility index (Phi) is 5.77. The zero-order chi connectivity index (χ0) is 13.7. The third-order valence-electron chi connectivity index (χ3n) is 3.83. The van der Waals surface area contributed by atoms with E-state index < -0.39 is 0 Å². The standard InChI is InChI=1S/C17H27NS/c1-13(2)18-12-15-7-9-16(10-8-15)19-17-6-4-5-14(3)11-17/h7-10,13-14,17-18H,4-6,11-12H2,1-3H3. The first-order chi connectivity index (χ1) is 9.13. The Hall–Kier alpha value is -0.470. The summed E-state index contributed by atoms with van der Waals surface area (Å²) in [6.45, 7) is 7.75. The van der Waals surface area contributed by atoms with Crippen LogP contribution in [0.15, 0.2) is 29.2 Å². The van der Waals surface area contributed by atoms with E-state index in [-0.39, 0.29) is 0 Å². The van der Waals surface area contributed by atoms with Crippen LogP contribution in [-0.4, -0.2) is 11.3 Å². The number of hydrogen-bond acceptors (Lipinski definition) is 2. The monoisotopic (exact) mass is 277 g/mol. The molecule has 1 aliphatic carbocycles. The molecule has 1 aliphatic rings. The summed E-state index contributed by atoms with van der Waals surface area (Å²) in [4.78, 5) is 1.44. The summed E-state index contributed by atoms with van der Waals surface area (Å²) in [7, 11) is 0. The van der Waals surface area contributed by atoms with Gasteiger partial charge in [-0.2, -0.15) is 0 Å². The molecule has 1 nitrogen and oxygen atoms in total. The Morgan fingerprint density at radius 1 is 1.21 bits per heavy atom. The minimum absolute atomic E-state index is 0.553. The van der Waals surface area contributed by atoms with Crippen LogP contribution in [0, 0.1) is 5.92 Å².